The van der Waals surface area contributed by atoms with E-state index in [4.69, 9.17) is 4.74 Å². The predicted molar refractivity (Wildman–Crippen MR) is 110 cm³/mol. The number of piperidine rings is 1. The lowest BCUT2D eigenvalue weighted by Crippen LogP contribution is -2.52. The zero-order valence-electron chi connectivity index (χ0n) is 16.8. The summed E-state index contributed by atoms with van der Waals surface area (Å²) in [7, 11) is 0. The minimum atomic E-state index is -0.744. The van der Waals surface area contributed by atoms with E-state index in [0.717, 1.165) is 36.1 Å². The molecule has 0 spiro atoms. The third-order valence-electron chi connectivity index (χ3n) is 5.67. The number of imide groups is 1. The fourth-order valence-electron chi connectivity index (χ4n) is 4.08. The number of nitrogens with zero attached hydrogens (tertiary/aromatic N) is 1. The Labute approximate surface area is 178 Å². The van der Waals surface area contributed by atoms with E-state index in [-0.39, 0.29) is 37.1 Å². The second-order valence-corrected chi connectivity index (χ2v) is 8.93. The molecule has 1 aliphatic carbocycles. The molecule has 0 aromatic carbocycles. The molecule has 0 saturated carbocycles. The smallest absolute Gasteiger partial charge is 0.255 e. The van der Waals surface area contributed by atoms with Crippen LogP contribution >= 0.6 is 11.3 Å². The highest BCUT2D eigenvalue weighted by Crippen LogP contribution is 2.38. The van der Waals surface area contributed by atoms with Gasteiger partial charge >= 0.3 is 0 Å². The number of anilines is 1. The molecule has 3 aliphatic rings. The Bertz CT molecular complexity index is 862. The van der Waals surface area contributed by atoms with Crippen LogP contribution in [0.5, 0.6) is 0 Å². The van der Waals surface area contributed by atoms with Gasteiger partial charge in [0.05, 0.1) is 25.3 Å². The summed E-state index contributed by atoms with van der Waals surface area (Å²) in [5.74, 6) is -1.34. The lowest BCUT2D eigenvalue weighted by Gasteiger charge is -2.25. The van der Waals surface area contributed by atoms with Crippen molar-refractivity contribution in [2.24, 2.45) is 0 Å². The van der Waals surface area contributed by atoms with Gasteiger partial charge in [-0.25, -0.2) is 0 Å². The SMILES string of the molecule is O=C1CCC(NC(=O)c2c(NC(=O)CN3CCOCC3)sc3c2CCCC3)C(=O)N1. The highest BCUT2D eigenvalue weighted by atomic mass is 32.1. The molecule has 1 aromatic heterocycles. The van der Waals surface area contributed by atoms with Gasteiger partial charge in [0, 0.05) is 24.4 Å². The van der Waals surface area contributed by atoms with Crippen LogP contribution in [-0.4, -0.2) is 67.4 Å². The number of aryl methyl sites for hydroxylation is 1. The Balaban J connectivity index is 1.50. The van der Waals surface area contributed by atoms with E-state index in [9.17, 15) is 19.2 Å². The minimum absolute atomic E-state index is 0.162. The number of hydrogen-bond donors (Lipinski definition) is 3. The second-order valence-electron chi connectivity index (χ2n) is 7.83. The van der Waals surface area contributed by atoms with Crippen molar-refractivity contribution in [3.8, 4) is 0 Å². The van der Waals surface area contributed by atoms with Crippen LogP contribution < -0.4 is 16.0 Å². The molecule has 4 amide bonds. The number of hydrogen-bond acceptors (Lipinski definition) is 7. The molecule has 1 unspecified atom stereocenters. The van der Waals surface area contributed by atoms with E-state index in [2.05, 4.69) is 16.0 Å². The third kappa shape index (κ3) is 4.71. The summed E-state index contributed by atoms with van der Waals surface area (Å²) in [4.78, 5) is 52.3. The summed E-state index contributed by atoms with van der Waals surface area (Å²) in [6, 6.07) is -0.744. The van der Waals surface area contributed by atoms with Gasteiger partial charge in [-0.2, -0.15) is 0 Å². The molecule has 3 heterocycles. The average molecular weight is 435 g/mol. The Morgan fingerprint density at radius 2 is 1.90 bits per heavy atom. The normalized spacial score (nSPS) is 22.2. The van der Waals surface area contributed by atoms with Gasteiger partial charge in [-0.15, -0.1) is 11.3 Å². The largest absolute Gasteiger partial charge is 0.379 e. The highest BCUT2D eigenvalue weighted by molar-refractivity contribution is 7.17. The van der Waals surface area contributed by atoms with Crippen LogP contribution in [0.1, 0.15) is 46.5 Å². The van der Waals surface area contributed by atoms with Gasteiger partial charge in [0.2, 0.25) is 17.7 Å². The topological polar surface area (TPSA) is 117 Å². The molecule has 0 bridgehead atoms. The number of fused-ring (bicyclic) bond motifs is 1. The standard InChI is InChI=1S/C20H26N4O5S/c25-15-6-5-13(18(27)22-15)21-19(28)17-12-3-1-2-4-14(12)30-20(17)23-16(26)11-24-7-9-29-10-8-24/h13H,1-11H2,(H,21,28)(H,23,26)(H,22,25,27). The van der Waals surface area contributed by atoms with Crippen molar-refractivity contribution in [3.05, 3.63) is 16.0 Å². The number of morpholine rings is 1. The van der Waals surface area contributed by atoms with Crippen molar-refractivity contribution in [2.75, 3.05) is 38.2 Å². The quantitative estimate of drug-likeness (QED) is 0.579. The van der Waals surface area contributed by atoms with E-state index < -0.39 is 11.9 Å². The van der Waals surface area contributed by atoms with Gasteiger partial charge in [-0.1, -0.05) is 0 Å². The molecule has 9 nitrogen and oxygen atoms in total. The summed E-state index contributed by atoms with van der Waals surface area (Å²) in [6.07, 6.45) is 4.19. The molecule has 2 aliphatic heterocycles. The first-order valence-electron chi connectivity index (χ1n) is 10.4. The van der Waals surface area contributed by atoms with Crippen LogP contribution in [0.3, 0.4) is 0 Å². The molecule has 10 heteroatoms. The molecular weight excluding hydrogens is 408 g/mol. The van der Waals surface area contributed by atoms with Crippen molar-refractivity contribution in [2.45, 2.75) is 44.6 Å². The number of rotatable bonds is 5. The van der Waals surface area contributed by atoms with Crippen molar-refractivity contribution < 1.29 is 23.9 Å². The molecule has 2 fully saturated rings. The lowest BCUT2D eigenvalue weighted by molar-refractivity contribution is -0.134. The fourth-order valence-corrected chi connectivity index (χ4v) is 5.39. The van der Waals surface area contributed by atoms with Gasteiger partial charge in [0.15, 0.2) is 0 Å². The van der Waals surface area contributed by atoms with Crippen molar-refractivity contribution in [3.63, 3.8) is 0 Å². The van der Waals surface area contributed by atoms with Crippen molar-refractivity contribution in [1.82, 2.24) is 15.5 Å². The van der Waals surface area contributed by atoms with E-state index in [0.29, 0.717) is 36.9 Å². The number of carbonyl (C=O) groups excluding carboxylic acids is 4. The monoisotopic (exact) mass is 434 g/mol. The summed E-state index contributed by atoms with van der Waals surface area (Å²) in [5, 5.41) is 8.50. The molecule has 0 radical (unpaired) electrons. The van der Waals surface area contributed by atoms with Gasteiger partial charge in [0.25, 0.3) is 5.91 Å². The molecule has 1 atom stereocenters. The Hall–Kier alpha value is -2.30. The number of carbonyl (C=O) groups is 4. The lowest BCUT2D eigenvalue weighted by atomic mass is 9.95. The molecule has 30 heavy (non-hydrogen) atoms. The maximum absolute atomic E-state index is 13.1. The summed E-state index contributed by atoms with van der Waals surface area (Å²) < 4.78 is 5.31. The number of thiophene rings is 1. The van der Waals surface area contributed by atoms with Crippen molar-refractivity contribution >= 4 is 40.0 Å². The first kappa shape index (κ1) is 21.0. The second kappa shape index (κ2) is 9.23. The summed E-state index contributed by atoms with van der Waals surface area (Å²) >= 11 is 1.45. The van der Waals surface area contributed by atoms with Crippen LogP contribution in [0, 0.1) is 0 Å². The zero-order valence-corrected chi connectivity index (χ0v) is 17.6. The van der Waals surface area contributed by atoms with Crippen LogP contribution in [0.25, 0.3) is 0 Å². The molecule has 3 N–H and O–H groups in total. The Kier molecular flexibility index (Phi) is 6.45. The first-order chi connectivity index (χ1) is 14.5. The molecule has 162 valence electrons. The first-order valence-corrected chi connectivity index (χ1v) is 11.2. The van der Waals surface area contributed by atoms with Crippen LogP contribution in [0.15, 0.2) is 0 Å². The zero-order chi connectivity index (χ0) is 21.1. The van der Waals surface area contributed by atoms with Crippen LogP contribution in [0.4, 0.5) is 5.00 Å². The van der Waals surface area contributed by atoms with Gasteiger partial charge in [-0.05, 0) is 37.7 Å². The van der Waals surface area contributed by atoms with Crippen LogP contribution in [-0.2, 0) is 32.0 Å². The predicted octanol–water partition coefficient (Wildman–Crippen LogP) is 0.433. The number of nitrogens with one attached hydrogen (secondary N) is 3. The summed E-state index contributed by atoms with van der Waals surface area (Å²) in [5.41, 5.74) is 1.44. The molecule has 2 saturated heterocycles. The molecular formula is C20H26N4O5S. The maximum Gasteiger partial charge on any atom is 0.255 e. The van der Waals surface area contributed by atoms with Gasteiger partial charge in [-0.3, -0.25) is 29.4 Å². The van der Waals surface area contributed by atoms with E-state index in [1.807, 2.05) is 4.90 Å². The highest BCUT2D eigenvalue weighted by Gasteiger charge is 2.32. The minimum Gasteiger partial charge on any atom is -0.379 e. The summed E-state index contributed by atoms with van der Waals surface area (Å²) in [6.45, 7) is 2.88. The van der Waals surface area contributed by atoms with Crippen LogP contribution in [0.2, 0.25) is 0 Å². The van der Waals surface area contributed by atoms with E-state index >= 15 is 0 Å². The van der Waals surface area contributed by atoms with Gasteiger partial charge < -0.3 is 15.4 Å². The number of amides is 4. The Morgan fingerprint density at radius 1 is 1.13 bits per heavy atom. The van der Waals surface area contributed by atoms with E-state index in [1.165, 1.54) is 11.3 Å². The molecule has 1 aromatic rings. The maximum atomic E-state index is 13.1. The number of ether oxygens (including phenoxy) is 1. The fraction of sp³-hybridized carbons (Fsp3) is 0.600. The Morgan fingerprint density at radius 3 is 2.67 bits per heavy atom. The molecule has 4 rings (SSSR count). The third-order valence-corrected chi connectivity index (χ3v) is 6.87. The van der Waals surface area contributed by atoms with Crippen molar-refractivity contribution in [1.29, 1.82) is 0 Å². The van der Waals surface area contributed by atoms with Gasteiger partial charge in [0.1, 0.15) is 11.0 Å². The average Bonchev–Trinajstić information content (AvgIpc) is 3.08. The van der Waals surface area contributed by atoms with E-state index in [1.54, 1.807) is 0 Å².